The van der Waals surface area contributed by atoms with Crippen molar-refractivity contribution in [3.05, 3.63) is 18.7 Å². The van der Waals surface area contributed by atoms with Crippen LogP contribution in [0.15, 0.2) is 18.7 Å². The molecule has 34 heavy (non-hydrogen) atoms. The first kappa shape index (κ1) is 21.2. The molecule has 0 radical (unpaired) electrons. The topological polar surface area (TPSA) is 36.3 Å². The van der Waals surface area contributed by atoms with Crippen molar-refractivity contribution in [2.24, 2.45) is 57.7 Å². The van der Waals surface area contributed by atoms with Crippen LogP contribution in [0.1, 0.15) is 91.5 Å². The van der Waals surface area contributed by atoms with E-state index in [-0.39, 0.29) is 5.79 Å². The summed E-state index contributed by atoms with van der Waals surface area (Å²) in [6, 6.07) is 0.657. The van der Waals surface area contributed by atoms with Crippen molar-refractivity contribution >= 4 is 0 Å². The van der Waals surface area contributed by atoms with Crippen LogP contribution in [0.2, 0.25) is 0 Å². The molecule has 2 spiro atoms. The van der Waals surface area contributed by atoms with E-state index in [0.717, 1.165) is 36.7 Å². The molecule has 5 saturated carbocycles. The van der Waals surface area contributed by atoms with Gasteiger partial charge < -0.3 is 14.0 Å². The first-order valence-corrected chi connectivity index (χ1v) is 14.6. The molecule has 3 heterocycles. The second kappa shape index (κ2) is 6.52. The minimum absolute atomic E-state index is 0.290. The molecule has 0 unspecified atom stereocenters. The number of fused-ring (bicyclic) bond motifs is 6. The molecule has 5 aliphatic carbocycles. The fourth-order valence-electron chi connectivity index (χ4n) is 12.2. The van der Waals surface area contributed by atoms with Crippen molar-refractivity contribution in [1.29, 1.82) is 0 Å². The molecule has 7 fully saturated rings. The molecule has 1 aromatic heterocycles. The average Bonchev–Trinajstić information content (AvgIpc) is 3.15. The number of imidazole rings is 1. The average molecular weight is 465 g/mol. The lowest BCUT2D eigenvalue weighted by Crippen LogP contribution is -2.56. The third-order valence-corrected chi connectivity index (χ3v) is 13.7. The maximum absolute atomic E-state index is 7.01. The summed E-state index contributed by atoms with van der Waals surface area (Å²) in [6.45, 7) is 11.1. The van der Waals surface area contributed by atoms with E-state index >= 15 is 0 Å². The lowest BCUT2D eigenvalue weighted by molar-refractivity contribution is -0.273. The van der Waals surface area contributed by atoms with Gasteiger partial charge in [-0.25, -0.2) is 4.98 Å². The van der Waals surface area contributed by atoms with E-state index in [2.05, 4.69) is 49.8 Å². The smallest absolute Gasteiger partial charge is 0.171 e. The standard InChI is InChI=1S/C30H44N2O2/c1-18-5-10-30(33-16-18)19(2)26-24(34-30)14-23-21-13-25(32-12-11-31-17-32)29-15-20(29)6-9-28(29,4)22(21)7-8-27(23,26)3/h11-12,17-26H,5-10,13-16H2,1-4H3/t18-,19+,20-,21-,22+,23+,24+,25+,26+,27+,28-,29+,30-/m1/s1. The molecule has 13 atom stereocenters. The highest BCUT2D eigenvalue weighted by Gasteiger charge is 2.78. The Morgan fingerprint density at radius 3 is 2.62 bits per heavy atom. The SMILES string of the molecule is C[C@@H]1CC[C@@]2(OC1)O[C@H]1C[C@H]3[C@@H]4C[C@H](n5ccnc5)[C@]56C[C@H]5CC[C@]6(C)[C@H]4CC[C@]3(C)[C@H]1[C@@H]2C. The van der Waals surface area contributed by atoms with E-state index in [4.69, 9.17) is 9.47 Å². The Morgan fingerprint density at radius 2 is 1.88 bits per heavy atom. The van der Waals surface area contributed by atoms with Gasteiger partial charge in [0.05, 0.1) is 19.0 Å². The molecule has 0 bridgehead atoms. The molecule has 7 aliphatic rings. The van der Waals surface area contributed by atoms with Gasteiger partial charge in [0.25, 0.3) is 0 Å². The quantitative estimate of drug-likeness (QED) is 0.477. The normalized spacial score (nSPS) is 61.5. The Morgan fingerprint density at radius 1 is 1.00 bits per heavy atom. The highest BCUT2D eigenvalue weighted by molar-refractivity contribution is 5.27. The molecule has 8 rings (SSSR count). The van der Waals surface area contributed by atoms with Crippen LogP contribution in [-0.4, -0.2) is 28.0 Å². The van der Waals surface area contributed by atoms with E-state index in [9.17, 15) is 0 Å². The van der Waals surface area contributed by atoms with Crippen molar-refractivity contribution in [2.75, 3.05) is 6.61 Å². The highest BCUT2D eigenvalue weighted by atomic mass is 16.7. The summed E-state index contributed by atoms with van der Waals surface area (Å²) in [7, 11) is 0. The van der Waals surface area contributed by atoms with Gasteiger partial charge in [-0.3, -0.25) is 0 Å². The fourth-order valence-corrected chi connectivity index (χ4v) is 12.2. The van der Waals surface area contributed by atoms with E-state index in [1.165, 1.54) is 51.4 Å². The molecular weight excluding hydrogens is 420 g/mol. The van der Waals surface area contributed by atoms with Crippen molar-refractivity contribution in [3.8, 4) is 0 Å². The molecule has 1 aromatic rings. The van der Waals surface area contributed by atoms with E-state index in [1.807, 2.05) is 6.20 Å². The minimum Gasteiger partial charge on any atom is -0.349 e. The summed E-state index contributed by atoms with van der Waals surface area (Å²) >= 11 is 0. The Kier molecular flexibility index (Phi) is 4.07. The number of nitrogens with zero attached hydrogens (tertiary/aromatic N) is 2. The largest absolute Gasteiger partial charge is 0.349 e. The van der Waals surface area contributed by atoms with Gasteiger partial charge in [0.2, 0.25) is 0 Å². The third kappa shape index (κ3) is 2.29. The van der Waals surface area contributed by atoms with Crippen LogP contribution < -0.4 is 0 Å². The van der Waals surface area contributed by atoms with Gasteiger partial charge in [-0.15, -0.1) is 0 Å². The molecule has 0 amide bonds. The van der Waals surface area contributed by atoms with Crippen LogP contribution >= 0.6 is 0 Å². The Balaban J connectivity index is 1.15. The molecular formula is C30H44N2O2. The summed E-state index contributed by atoms with van der Waals surface area (Å²) < 4.78 is 16.1. The molecule has 4 heteroatoms. The van der Waals surface area contributed by atoms with Gasteiger partial charge in [-0.05, 0) is 103 Å². The van der Waals surface area contributed by atoms with Gasteiger partial charge in [0, 0.05) is 30.8 Å². The molecule has 0 aromatic carbocycles. The minimum atomic E-state index is -0.290. The van der Waals surface area contributed by atoms with Gasteiger partial charge in [0.15, 0.2) is 5.79 Å². The summed E-state index contributed by atoms with van der Waals surface area (Å²) in [5.74, 6) is 5.09. The predicted octanol–water partition coefficient (Wildman–Crippen LogP) is 6.48. The summed E-state index contributed by atoms with van der Waals surface area (Å²) in [5.41, 5.74) is 1.48. The van der Waals surface area contributed by atoms with Crippen molar-refractivity contribution in [1.82, 2.24) is 9.55 Å². The van der Waals surface area contributed by atoms with Gasteiger partial charge in [-0.2, -0.15) is 0 Å². The van der Waals surface area contributed by atoms with Crippen LogP contribution in [0.4, 0.5) is 0 Å². The maximum Gasteiger partial charge on any atom is 0.171 e. The van der Waals surface area contributed by atoms with Crippen LogP contribution in [0.3, 0.4) is 0 Å². The first-order chi connectivity index (χ1) is 16.3. The van der Waals surface area contributed by atoms with E-state index < -0.39 is 0 Å². The highest BCUT2D eigenvalue weighted by Crippen LogP contribution is 2.84. The van der Waals surface area contributed by atoms with Crippen LogP contribution in [0.5, 0.6) is 0 Å². The Bertz CT molecular complexity index is 984. The van der Waals surface area contributed by atoms with Crippen molar-refractivity contribution in [2.45, 2.75) is 103 Å². The zero-order valence-electron chi connectivity index (χ0n) is 21.7. The van der Waals surface area contributed by atoms with Crippen molar-refractivity contribution < 1.29 is 9.47 Å². The molecule has 2 aliphatic heterocycles. The predicted molar refractivity (Wildman–Crippen MR) is 131 cm³/mol. The molecule has 186 valence electrons. The van der Waals surface area contributed by atoms with Gasteiger partial charge in [-0.1, -0.05) is 27.7 Å². The number of aromatic nitrogens is 2. The number of hydrogen-bond acceptors (Lipinski definition) is 3. The third-order valence-electron chi connectivity index (χ3n) is 13.7. The second-order valence-corrected chi connectivity index (χ2v) is 14.6. The Labute approximate surface area is 205 Å². The number of ether oxygens (including phenoxy) is 2. The van der Waals surface area contributed by atoms with Crippen LogP contribution in [0.25, 0.3) is 0 Å². The second-order valence-electron chi connectivity index (χ2n) is 14.6. The zero-order chi connectivity index (χ0) is 23.1. The fraction of sp³-hybridized carbons (Fsp3) is 0.900. The number of hydrogen-bond donors (Lipinski definition) is 0. The maximum atomic E-state index is 7.01. The number of rotatable bonds is 1. The summed E-state index contributed by atoms with van der Waals surface area (Å²) in [6.07, 6.45) is 19.1. The zero-order valence-corrected chi connectivity index (χ0v) is 21.7. The lowest BCUT2D eigenvalue weighted by Gasteiger charge is -2.61. The monoisotopic (exact) mass is 464 g/mol. The van der Waals surface area contributed by atoms with Crippen molar-refractivity contribution in [3.63, 3.8) is 0 Å². The van der Waals surface area contributed by atoms with Crippen LogP contribution in [0, 0.1) is 57.7 Å². The van der Waals surface area contributed by atoms with E-state index in [0.29, 0.717) is 46.1 Å². The van der Waals surface area contributed by atoms with Gasteiger partial charge in [0.1, 0.15) is 0 Å². The van der Waals surface area contributed by atoms with E-state index in [1.54, 1.807) is 0 Å². The van der Waals surface area contributed by atoms with Crippen LogP contribution in [-0.2, 0) is 9.47 Å². The summed E-state index contributed by atoms with van der Waals surface area (Å²) in [4.78, 5) is 4.51. The lowest BCUT2D eigenvalue weighted by atomic mass is 9.44. The molecule has 0 N–H and O–H groups in total. The molecule has 2 saturated heterocycles. The molecule has 4 nitrogen and oxygen atoms in total. The van der Waals surface area contributed by atoms with Gasteiger partial charge >= 0.3 is 0 Å². The summed E-state index contributed by atoms with van der Waals surface area (Å²) in [5, 5.41) is 0. The Hall–Kier alpha value is -0.870. The first-order valence-electron chi connectivity index (χ1n) is 14.6.